The molecule has 0 radical (unpaired) electrons. The number of likely N-dealkylation sites (tertiary alicyclic amines) is 1. The molecule has 1 heterocycles. The van der Waals surface area contributed by atoms with Gasteiger partial charge in [-0.15, -0.1) is 0 Å². The van der Waals surface area contributed by atoms with Crippen LogP contribution in [0.25, 0.3) is 5.76 Å². The molecule has 1 aliphatic rings. The van der Waals surface area contributed by atoms with Crippen LogP contribution in [0.2, 0.25) is 0 Å². The molecule has 2 aromatic carbocycles. The summed E-state index contributed by atoms with van der Waals surface area (Å²) in [5.74, 6) is -1.84. The molecule has 174 valence electrons. The number of ketones is 1. The summed E-state index contributed by atoms with van der Waals surface area (Å²) in [6.07, 6.45) is 2.22. The van der Waals surface area contributed by atoms with Gasteiger partial charge in [-0.05, 0) is 63.8 Å². The molecular formula is C26H29FN2O4. The fourth-order valence-corrected chi connectivity index (χ4v) is 3.95. The minimum Gasteiger partial charge on any atom is -0.507 e. The molecule has 0 saturated carbocycles. The third kappa shape index (κ3) is 5.14. The molecule has 1 saturated heterocycles. The lowest BCUT2D eigenvalue weighted by Gasteiger charge is -2.26. The number of benzene rings is 2. The van der Waals surface area contributed by atoms with Crippen LogP contribution in [-0.2, 0) is 9.59 Å². The van der Waals surface area contributed by atoms with E-state index in [-0.39, 0.29) is 23.4 Å². The first-order valence-corrected chi connectivity index (χ1v) is 10.8. The van der Waals surface area contributed by atoms with Crippen LogP contribution in [0, 0.1) is 12.7 Å². The lowest BCUT2D eigenvalue weighted by atomic mass is 9.94. The predicted octanol–water partition coefficient (Wildman–Crippen LogP) is 4.07. The molecule has 1 aliphatic heterocycles. The average molecular weight is 453 g/mol. The van der Waals surface area contributed by atoms with Gasteiger partial charge in [0.2, 0.25) is 0 Å². The summed E-state index contributed by atoms with van der Waals surface area (Å²) in [5, 5.41) is 11.1. The summed E-state index contributed by atoms with van der Waals surface area (Å²) >= 11 is 0. The molecule has 1 N–H and O–H groups in total. The van der Waals surface area contributed by atoms with Crippen molar-refractivity contribution in [2.24, 2.45) is 0 Å². The second kappa shape index (κ2) is 10.4. The first-order valence-electron chi connectivity index (χ1n) is 10.8. The summed E-state index contributed by atoms with van der Waals surface area (Å²) in [5.41, 5.74) is 1.15. The lowest BCUT2D eigenvalue weighted by Crippen LogP contribution is -2.32. The third-order valence-corrected chi connectivity index (χ3v) is 5.55. The van der Waals surface area contributed by atoms with Gasteiger partial charge in [0.1, 0.15) is 23.9 Å². The maximum Gasteiger partial charge on any atom is 0.295 e. The fraction of sp³-hybridized carbons (Fsp3) is 0.308. The van der Waals surface area contributed by atoms with Gasteiger partial charge in [-0.2, -0.15) is 0 Å². The Morgan fingerprint density at radius 2 is 1.97 bits per heavy atom. The highest BCUT2D eigenvalue weighted by Gasteiger charge is 2.46. The summed E-state index contributed by atoms with van der Waals surface area (Å²) in [6.45, 7) is 6.71. The first kappa shape index (κ1) is 24.2. The summed E-state index contributed by atoms with van der Waals surface area (Å²) in [6, 6.07) is 9.96. The number of aliphatic hydroxyl groups excluding tert-OH is 1. The Balaban J connectivity index is 2.08. The van der Waals surface area contributed by atoms with Crippen LogP contribution in [-0.4, -0.2) is 60.4 Å². The number of aryl methyl sites for hydroxylation is 1. The van der Waals surface area contributed by atoms with Crippen molar-refractivity contribution in [2.75, 3.05) is 33.8 Å². The van der Waals surface area contributed by atoms with E-state index in [1.807, 2.05) is 25.9 Å². The number of carbonyl (C=O) groups is 2. The number of rotatable bonds is 9. The van der Waals surface area contributed by atoms with Crippen LogP contribution in [0.1, 0.15) is 29.2 Å². The number of Topliss-reactive ketones (excluding diaryl/α,β-unsaturated/α-hetero) is 1. The molecule has 7 heteroatoms. The number of aliphatic hydroxyl groups is 1. The van der Waals surface area contributed by atoms with E-state index in [4.69, 9.17) is 4.74 Å². The van der Waals surface area contributed by atoms with Gasteiger partial charge in [0.15, 0.2) is 0 Å². The highest BCUT2D eigenvalue weighted by Crippen LogP contribution is 2.40. The number of carbonyl (C=O) groups excluding carboxylic acids is 2. The van der Waals surface area contributed by atoms with Gasteiger partial charge < -0.3 is 19.6 Å². The topological polar surface area (TPSA) is 70.1 Å². The van der Waals surface area contributed by atoms with Crippen molar-refractivity contribution in [1.82, 2.24) is 9.80 Å². The first-order chi connectivity index (χ1) is 15.8. The van der Waals surface area contributed by atoms with Crippen LogP contribution in [0.4, 0.5) is 4.39 Å². The summed E-state index contributed by atoms with van der Waals surface area (Å²) in [7, 11) is 3.82. The number of amides is 1. The Hall–Kier alpha value is -3.45. The van der Waals surface area contributed by atoms with E-state index >= 15 is 0 Å². The van der Waals surface area contributed by atoms with Crippen molar-refractivity contribution in [3.8, 4) is 5.75 Å². The Bertz CT molecular complexity index is 1090. The standard InChI is InChI=1S/C26H29FN2O4/c1-5-15-33-21-12-11-18(16-17(21)2)24(30)22-23(19-9-6-7-10-20(19)27)29(26(32)25(22)31)14-8-13-28(3)4/h5-7,9-12,16,23,30H,1,8,13-15H2,2-4H3/b24-22+. The van der Waals surface area contributed by atoms with Crippen molar-refractivity contribution in [3.05, 3.63) is 83.2 Å². The van der Waals surface area contributed by atoms with Crippen molar-refractivity contribution in [1.29, 1.82) is 0 Å². The fourth-order valence-electron chi connectivity index (χ4n) is 3.95. The maximum atomic E-state index is 14.8. The second-order valence-electron chi connectivity index (χ2n) is 8.25. The van der Waals surface area contributed by atoms with E-state index in [0.717, 1.165) is 5.56 Å². The molecule has 1 unspecified atom stereocenters. The van der Waals surface area contributed by atoms with Crippen molar-refractivity contribution >= 4 is 17.4 Å². The van der Waals surface area contributed by atoms with Crippen LogP contribution in [0.3, 0.4) is 0 Å². The molecule has 0 aliphatic carbocycles. The van der Waals surface area contributed by atoms with Crippen LogP contribution in [0.15, 0.2) is 60.7 Å². The molecule has 2 aromatic rings. The quantitative estimate of drug-likeness (QED) is 0.269. The minimum atomic E-state index is -1.01. The molecule has 0 spiro atoms. The molecular weight excluding hydrogens is 423 g/mol. The number of hydrogen-bond acceptors (Lipinski definition) is 5. The van der Waals surface area contributed by atoms with Gasteiger partial charge in [0.05, 0.1) is 11.6 Å². The van der Waals surface area contributed by atoms with Crippen LogP contribution < -0.4 is 4.74 Å². The highest BCUT2D eigenvalue weighted by atomic mass is 19.1. The molecule has 1 fully saturated rings. The van der Waals surface area contributed by atoms with Gasteiger partial charge in [-0.25, -0.2) is 4.39 Å². The van der Waals surface area contributed by atoms with Crippen molar-refractivity contribution in [2.45, 2.75) is 19.4 Å². The van der Waals surface area contributed by atoms with Gasteiger partial charge in [0.25, 0.3) is 11.7 Å². The van der Waals surface area contributed by atoms with Gasteiger partial charge >= 0.3 is 0 Å². The maximum absolute atomic E-state index is 14.8. The van der Waals surface area contributed by atoms with Gasteiger partial charge in [-0.3, -0.25) is 9.59 Å². The summed E-state index contributed by atoms with van der Waals surface area (Å²) < 4.78 is 20.4. The molecule has 0 aromatic heterocycles. The average Bonchev–Trinajstić information content (AvgIpc) is 3.02. The van der Waals surface area contributed by atoms with E-state index in [1.165, 1.54) is 17.0 Å². The smallest absolute Gasteiger partial charge is 0.295 e. The van der Waals surface area contributed by atoms with Gasteiger partial charge in [0, 0.05) is 17.7 Å². The zero-order valence-corrected chi connectivity index (χ0v) is 19.2. The van der Waals surface area contributed by atoms with E-state index in [0.29, 0.717) is 30.9 Å². The summed E-state index contributed by atoms with van der Waals surface area (Å²) in [4.78, 5) is 29.3. The van der Waals surface area contributed by atoms with Crippen molar-refractivity contribution < 1.29 is 23.8 Å². The third-order valence-electron chi connectivity index (χ3n) is 5.55. The number of ether oxygens (including phenoxy) is 1. The van der Waals surface area contributed by atoms with Crippen LogP contribution in [0.5, 0.6) is 5.75 Å². The van der Waals surface area contributed by atoms with Gasteiger partial charge in [-0.1, -0.05) is 30.9 Å². The normalized spacial score (nSPS) is 17.6. The number of halogens is 1. The minimum absolute atomic E-state index is 0.117. The Labute approximate surface area is 193 Å². The lowest BCUT2D eigenvalue weighted by molar-refractivity contribution is -0.140. The van der Waals surface area contributed by atoms with E-state index in [2.05, 4.69) is 6.58 Å². The monoisotopic (exact) mass is 452 g/mol. The van der Waals surface area contributed by atoms with E-state index in [9.17, 15) is 19.1 Å². The van der Waals surface area contributed by atoms with E-state index in [1.54, 1.807) is 36.4 Å². The molecule has 33 heavy (non-hydrogen) atoms. The Morgan fingerprint density at radius 1 is 1.24 bits per heavy atom. The van der Waals surface area contributed by atoms with E-state index < -0.39 is 23.5 Å². The second-order valence-corrected chi connectivity index (χ2v) is 8.25. The molecule has 3 rings (SSSR count). The van der Waals surface area contributed by atoms with Crippen molar-refractivity contribution in [3.63, 3.8) is 0 Å². The largest absolute Gasteiger partial charge is 0.507 e. The number of nitrogens with zero attached hydrogens (tertiary/aromatic N) is 2. The molecule has 0 bridgehead atoms. The molecule has 1 atom stereocenters. The molecule has 1 amide bonds. The Kier molecular flexibility index (Phi) is 7.66. The Morgan fingerprint density at radius 3 is 2.61 bits per heavy atom. The number of hydrogen-bond donors (Lipinski definition) is 1. The zero-order chi connectivity index (χ0) is 24.1. The highest BCUT2D eigenvalue weighted by molar-refractivity contribution is 6.46. The van der Waals surface area contributed by atoms with Crippen LogP contribution >= 0.6 is 0 Å². The zero-order valence-electron chi connectivity index (χ0n) is 19.2. The molecule has 6 nitrogen and oxygen atoms in total. The predicted molar refractivity (Wildman–Crippen MR) is 125 cm³/mol. The SMILES string of the molecule is C=CCOc1ccc(/C(O)=C2\C(=O)C(=O)N(CCCN(C)C)C2c2ccccc2F)cc1C.